The predicted molar refractivity (Wildman–Crippen MR) is 90.8 cm³/mol. The van der Waals surface area contributed by atoms with Gasteiger partial charge in [0.05, 0.1) is 0 Å². The fraction of sp³-hybridized carbons (Fsp3) is 0.684. The van der Waals surface area contributed by atoms with E-state index in [9.17, 15) is 0 Å². The van der Waals surface area contributed by atoms with Crippen molar-refractivity contribution in [1.29, 1.82) is 0 Å². The summed E-state index contributed by atoms with van der Waals surface area (Å²) in [5.74, 6) is 2.28. The zero-order valence-corrected chi connectivity index (χ0v) is 13.6. The van der Waals surface area contributed by atoms with E-state index >= 15 is 0 Å². The predicted octanol–water partition coefficient (Wildman–Crippen LogP) is 4.15. The Bertz CT molecular complexity index is 468. The van der Waals surface area contributed by atoms with Gasteiger partial charge in [-0.15, -0.1) is 0 Å². The standard InChI is InChI=1S/C19H30N2/c1-14(2)16-7-3-5-9-18(16)21-13-15(11-12-20)17-8-4-6-10-19(17)21/h4,6,8,10,14-16,18H,3,5,7,9,11-13,20H2,1-2H3. The first-order chi connectivity index (χ1) is 10.2. The molecule has 0 aromatic heterocycles. The van der Waals surface area contributed by atoms with E-state index in [0.717, 1.165) is 30.8 Å². The Morgan fingerprint density at radius 2 is 1.95 bits per heavy atom. The first kappa shape index (κ1) is 14.9. The van der Waals surface area contributed by atoms with E-state index in [1.54, 1.807) is 0 Å². The zero-order chi connectivity index (χ0) is 14.8. The molecule has 3 atom stereocenters. The van der Waals surface area contributed by atoms with Gasteiger partial charge in [0, 0.05) is 24.2 Å². The molecule has 0 amide bonds. The van der Waals surface area contributed by atoms with Gasteiger partial charge in [0.25, 0.3) is 0 Å². The highest BCUT2D eigenvalue weighted by atomic mass is 15.2. The average Bonchev–Trinajstić information content (AvgIpc) is 2.87. The summed E-state index contributed by atoms with van der Waals surface area (Å²) >= 11 is 0. The smallest absolute Gasteiger partial charge is 0.0405 e. The lowest BCUT2D eigenvalue weighted by molar-refractivity contribution is 0.230. The van der Waals surface area contributed by atoms with Gasteiger partial charge in [0.2, 0.25) is 0 Å². The van der Waals surface area contributed by atoms with Gasteiger partial charge in [0.1, 0.15) is 0 Å². The molecule has 2 nitrogen and oxygen atoms in total. The number of para-hydroxylation sites is 1. The van der Waals surface area contributed by atoms with Gasteiger partial charge in [0.15, 0.2) is 0 Å². The molecule has 2 N–H and O–H groups in total. The summed E-state index contributed by atoms with van der Waals surface area (Å²) in [6.07, 6.45) is 6.71. The fourth-order valence-corrected chi connectivity index (χ4v) is 4.60. The minimum Gasteiger partial charge on any atom is -0.367 e. The number of nitrogens with two attached hydrogens (primary N) is 1. The summed E-state index contributed by atoms with van der Waals surface area (Å²) in [6.45, 7) is 6.79. The van der Waals surface area contributed by atoms with Crippen molar-refractivity contribution < 1.29 is 0 Å². The summed E-state index contributed by atoms with van der Waals surface area (Å²) in [7, 11) is 0. The Balaban J connectivity index is 1.88. The van der Waals surface area contributed by atoms with Gasteiger partial charge in [-0.25, -0.2) is 0 Å². The van der Waals surface area contributed by atoms with E-state index in [1.807, 2.05) is 0 Å². The Morgan fingerprint density at radius 3 is 2.71 bits per heavy atom. The van der Waals surface area contributed by atoms with Gasteiger partial charge in [-0.3, -0.25) is 0 Å². The van der Waals surface area contributed by atoms with Crippen LogP contribution in [0.4, 0.5) is 5.69 Å². The molecule has 1 aromatic carbocycles. The van der Waals surface area contributed by atoms with E-state index in [-0.39, 0.29) is 0 Å². The lowest BCUT2D eigenvalue weighted by Crippen LogP contribution is -2.44. The van der Waals surface area contributed by atoms with Gasteiger partial charge in [-0.1, -0.05) is 44.9 Å². The Hall–Kier alpha value is -1.02. The second-order valence-electron chi connectivity index (χ2n) is 7.25. The maximum Gasteiger partial charge on any atom is 0.0405 e. The quantitative estimate of drug-likeness (QED) is 0.900. The van der Waals surface area contributed by atoms with Crippen LogP contribution in [0.2, 0.25) is 0 Å². The Morgan fingerprint density at radius 1 is 1.19 bits per heavy atom. The fourth-order valence-electron chi connectivity index (χ4n) is 4.60. The molecule has 1 saturated carbocycles. The number of hydrogen-bond acceptors (Lipinski definition) is 2. The Labute approximate surface area is 129 Å². The molecule has 3 rings (SSSR count). The van der Waals surface area contributed by atoms with Gasteiger partial charge < -0.3 is 10.6 Å². The maximum absolute atomic E-state index is 5.85. The zero-order valence-electron chi connectivity index (χ0n) is 13.6. The third-order valence-corrected chi connectivity index (χ3v) is 5.66. The summed E-state index contributed by atoms with van der Waals surface area (Å²) < 4.78 is 0. The molecule has 1 heterocycles. The van der Waals surface area contributed by atoms with Crippen molar-refractivity contribution >= 4 is 5.69 Å². The molecule has 21 heavy (non-hydrogen) atoms. The third-order valence-electron chi connectivity index (χ3n) is 5.66. The highest BCUT2D eigenvalue weighted by molar-refractivity contribution is 5.61. The maximum atomic E-state index is 5.85. The van der Waals surface area contributed by atoms with Crippen LogP contribution in [0.5, 0.6) is 0 Å². The highest BCUT2D eigenvalue weighted by Gasteiger charge is 2.37. The summed E-state index contributed by atoms with van der Waals surface area (Å²) in [6, 6.07) is 9.78. The molecular weight excluding hydrogens is 256 g/mol. The molecule has 2 heteroatoms. The summed E-state index contributed by atoms with van der Waals surface area (Å²) in [5, 5.41) is 0. The molecule has 116 valence electrons. The van der Waals surface area contributed by atoms with Crippen molar-refractivity contribution in [3.8, 4) is 0 Å². The number of benzene rings is 1. The lowest BCUT2D eigenvalue weighted by Gasteiger charge is -2.41. The number of hydrogen-bond donors (Lipinski definition) is 1. The summed E-state index contributed by atoms with van der Waals surface area (Å²) in [5.41, 5.74) is 8.88. The van der Waals surface area contributed by atoms with Crippen molar-refractivity contribution in [1.82, 2.24) is 0 Å². The molecule has 1 aliphatic carbocycles. The van der Waals surface area contributed by atoms with Gasteiger partial charge >= 0.3 is 0 Å². The number of anilines is 1. The minimum absolute atomic E-state index is 0.640. The van der Waals surface area contributed by atoms with Crippen LogP contribution >= 0.6 is 0 Å². The van der Waals surface area contributed by atoms with E-state index in [2.05, 4.69) is 43.0 Å². The van der Waals surface area contributed by atoms with Crippen LogP contribution in [-0.2, 0) is 0 Å². The van der Waals surface area contributed by atoms with Crippen LogP contribution in [0.15, 0.2) is 24.3 Å². The average molecular weight is 286 g/mol. The van der Waals surface area contributed by atoms with Crippen LogP contribution in [0.1, 0.15) is 57.4 Å². The third kappa shape index (κ3) is 2.83. The van der Waals surface area contributed by atoms with Crippen LogP contribution in [0, 0.1) is 11.8 Å². The minimum atomic E-state index is 0.640. The lowest BCUT2D eigenvalue weighted by atomic mass is 9.77. The molecular formula is C19H30N2. The second kappa shape index (κ2) is 6.39. The van der Waals surface area contributed by atoms with Crippen molar-refractivity contribution in [3.05, 3.63) is 29.8 Å². The first-order valence-corrected chi connectivity index (χ1v) is 8.78. The molecule has 1 fully saturated rings. The first-order valence-electron chi connectivity index (χ1n) is 8.78. The van der Waals surface area contributed by atoms with E-state index in [4.69, 9.17) is 5.73 Å². The molecule has 0 spiro atoms. The monoisotopic (exact) mass is 286 g/mol. The highest BCUT2D eigenvalue weighted by Crippen LogP contribution is 2.44. The molecule has 3 unspecified atom stereocenters. The van der Waals surface area contributed by atoms with Crippen molar-refractivity contribution in [2.45, 2.75) is 57.9 Å². The van der Waals surface area contributed by atoms with Gasteiger partial charge in [-0.05, 0) is 49.3 Å². The SMILES string of the molecule is CC(C)C1CCCCC1N1CC(CCN)c2ccccc21. The van der Waals surface area contributed by atoms with E-state index in [1.165, 1.54) is 43.5 Å². The van der Waals surface area contributed by atoms with Crippen LogP contribution in [0.25, 0.3) is 0 Å². The number of fused-ring (bicyclic) bond motifs is 1. The van der Waals surface area contributed by atoms with Crippen molar-refractivity contribution in [2.75, 3.05) is 18.0 Å². The molecule has 1 aromatic rings. The van der Waals surface area contributed by atoms with Crippen LogP contribution < -0.4 is 10.6 Å². The molecule has 0 bridgehead atoms. The Kier molecular flexibility index (Phi) is 4.54. The number of rotatable bonds is 4. The topological polar surface area (TPSA) is 29.3 Å². The van der Waals surface area contributed by atoms with E-state index < -0.39 is 0 Å². The van der Waals surface area contributed by atoms with Crippen LogP contribution in [-0.4, -0.2) is 19.1 Å². The largest absolute Gasteiger partial charge is 0.367 e. The van der Waals surface area contributed by atoms with Crippen LogP contribution in [0.3, 0.4) is 0 Å². The van der Waals surface area contributed by atoms with E-state index in [0.29, 0.717) is 5.92 Å². The number of nitrogens with zero attached hydrogens (tertiary/aromatic N) is 1. The molecule has 0 radical (unpaired) electrons. The normalized spacial score (nSPS) is 29.0. The molecule has 2 aliphatic rings. The van der Waals surface area contributed by atoms with Crippen molar-refractivity contribution in [2.24, 2.45) is 17.6 Å². The van der Waals surface area contributed by atoms with Gasteiger partial charge in [-0.2, -0.15) is 0 Å². The second-order valence-corrected chi connectivity index (χ2v) is 7.25. The summed E-state index contributed by atoms with van der Waals surface area (Å²) in [4.78, 5) is 2.74. The molecule has 1 aliphatic heterocycles. The van der Waals surface area contributed by atoms with Crippen molar-refractivity contribution in [3.63, 3.8) is 0 Å². The molecule has 0 saturated heterocycles.